The van der Waals surface area contributed by atoms with Gasteiger partial charge in [0.15, 0.2) is 0 Å². The second kappa shape index (κ2) is 6.72. The summed E-state index contributed by atoms with van der Waals surface area (Å²) < 4.78 is 0. The van der Waals surface area contributed by atoms with E-state index in [0.29, 0.717) is 6.42 Å². The van der Waals surface area contributed by atoms with E-state index < -0.39 is 13.1 Å². The topological polar surface area (TPSA) is 69.2 Å². The standard InChI is InChI=1S/C5H13O3P.2Na/c1-4-5(2,3)9(6,7)8;;/h4H2,1-3H3,(H2,6,7,8);;/q;2*+1/p-2. The van der Waals surface area contributed by atoms with E-state index >= 15 is 0 Å². The summed E-state index contributed by atoms with van der Waals surface area (Å²) in [6.45, 7) is 4.56. The Kier molecular flexibility index (Phi) is 11.6. The number of hydrogen-bond donors (Lipinski definition) is 0. The summed E-state index contributed by atoms with van der Waals surface area (Å²) in [7, 11) is -4.37. The summed E-state index contributed by atoms with van der Waals surface area (Å²) in [6, 6.07) is 0. The quantitative estimate of drug-likeness (QED) is 0.325. The number of rotatable bonds is 2. The van der Waals surface area contributed by atoms with Crippen LogP contribution in [0.25, 0.3) is 0 Å². The Morgan fingerprint density at radius 3 is 1.36 bits per heavy atom. The van der Waals surface area contributed by atoms with Crippen LogP contribution in [0.4, 0.5) is 0 Å². The fourth-order valence-electron chi connectivity index (χ4n) is 0.194. The van der Waals surface area contributed by atoms with E-state index in [9.17, 15) is 14.7 Å². The van der Waals surface area contributed by atoms with Gasteiger partial charge in [-0.3, -0.25) is 0 Å². The van der Waals surface area contributed by atoms with Crippen LogP contribution in [0.3, 0.4) is 0 Å². The summed E-state index contributed by atoms with van der Waals surface area (Å²) in [4.78, 5) is 31.1. The van der Waals surface area contributed by atoms with Gasteiger partial charge in [0.1, 0.15) is 0 Å². The molecule has 0 aromatic heterocycles. The average molecular weight is 196 g/mol. The van der Waals surface area contributed by atoms with Crippen molar-refractivity contribution in [2.75, 3.05) is 0 Å². The van der Waals surface area contributed by atoms with Gasteiger partial charge in [-0.05, 0) is 20.3 Å². The molecule has 0 amide bonds. The average Bonchev–Trinajstić information content (AvgIpc) is 1.64. The van der Waals surface area contributed by atoms with Crippen LogP contribution in [0, 0.1) is 0 Å². The van der Waals surface area contributed by atoms with Gasteiger partial charge in [-0.25, -0.2) is 0 Å². The molecule has 0 aliphatic carbocycles. The van der Waals surface area contributed by atoms with Gasteiger partial charge >= 0.3 is 59.1 Å². The SMILES string of the molecule is CCC(C)(C)[P+]([O-])([O-])[O-].[Na+].[Na+]. The zero-order valence-corrected chi connectivity index (χ0v) is 12.8. The van der Waals surface area contributed by atoms with E-state index in [1.807, 2.05) is 0 Å². The zero-order chi connectivity index (χ0) is 7.71. The fourth-order valence-corrected chi connectivity index (χ4v) is 0.581. The third kappa shape index (κ3) is 6.39. The molecule has 6 heteroatoms. The Balaban J connectivity index is -0.000000320. The first-order valence-corrected chi connectivity index (χ1v) is 4.37. The Bertz CT molecular complexity index is 102. The van der Waals surface area contributed by atoms with Gasteiger partial charge in [-0.1, -0.05) is 6.92 Å². The van der Waals surface area contributed by atoms with Crippen LogP contribution >= 0.6 is 7.94 Å². The van der Waals surface area contributed by atoms with Gasteiger partial charge in [0.25, 0.3) is 0 Å². The van der Waals surface area contributed by atoms with Crippen molar-refractivity contribution in [3.63, 3.8) is 0 Å². The van der Waals surface area contributed by atoms with Crippen molar-refractivity contribution >= 4 is 7.94 Å². The molecule has 0 N–H and O–H groups in total. The summed E-state index contributed by atoms with van der Waals surface area (Å²) >= 11 is 0. The van der Waals surface area contributed by atoms with E-state index in [0.717, 1.165) is 0 Å². The predicted octanol–water partition coefficient (Wildman–Crippen LogP) is -6.97. The van der Waals surface area contributed by atoms with Crippen molar-refractivity contribution < 1.29 is 73.8 Å². The van der Waals surface area contributed by atoms with E-state index in [2.05, 4.69) is 0 Å². The predicted molar refractivity (Wildman–Crippen MR) is 31.3 cm³/mol. The maximum absolute atomic E-state index is 10.4. The Morgan fingerprint density at radius 2 is 1.36 bits per heavy atom. The third-order valence-corrected chi connectivity index (χ3v) is 3.41. The monoisotopic (exact) mass is 196 g/mol. The molecule has 0 rings (SSSR count). The summed E-state index contributed by atoms with van der Waals surface area (Å²) in [5.41, 5.74) is 0. The molecule has 0 aliphatic rings. The van der Waals surface area contributed by atoms with Crippen LogP contribution in [0.5, 0.6) is 0 Å². The van der Waals surface area contributed by atoms with Crippen LogP contribution in [0.2, 0.25) is 0 Å². The minimum atomic E-state index is -4.37. The van der Waals surface area contributed by atoms with Gasteiger partial charge in [0.05, 0.1) is 5.16 Å². The van der Waals surface area contributed by atoms with Gasteiger partial charge in [0.2, 0.25) is 0 Å². The second-order valence-corrected chi connectivity index (χ2v) is 4.87. The molecule has 0 atom stereocenters. The molecular weight excluding hydrogens is 185 g/mol. The van der Waals surface area contributed by atoms with E-state index in [-0.39, 0.29) is 59.1 Å². The summed E-state index contributed by atoms with van der Waals surface area (Å²) in [5, 5.41) is -1.08. The molecule has 0 bridgehead atoms. The largest absolute Gasteiger partial charge is 1.00 e. The molecule has 0 saturated heterocycles. The van der Waals surface area contributed by atoms with Crippen molar-refractivity contribution in [2.24, 2.45) is 0 Å². The minimum Gasteiger partial charge on any atom is -0.687 e. The molecule has 0 heterocycles. The molecule has 0 saturated carbocycles. The van der Waals surface area contributed by atoms with E-state index in [1.165, 1.54) is 13.8 Å². The van der Waals surface area contributed by atoms with Crippen LogP contribution in [0.15, 0.2) is 0 Å². The molecule has 3 nitrogen and oxygen atoms in total. The van der Waals surface area contributed by atoms with Gasteiger partial charge in [-0.15, -0.1) is 0 Å². The Morgan fingerprint density at radius 1 is 1.09 bits per heavy atom. The van der Waals surface area contributed by atoms with Crippen molar-refractivity contribution in [2.45, 2.75) is 32.3 Å². The van der Waals surface area contributed by atoms with Crippen molar-refractivity contribution in [1.29, 1.82) is 0 Å². The normalized spacial score (nSPS) is 11.5. The van der Waals surface area contributed by atoms with Crippen LogP contribution < -0.4 is 73.8 Å². The molecule has 0 aromatic rings. The molecule has 0 radical (unpaired) electrons. The molecule has 11 heavy (non-hydrogen) atoms. The molecule has 0 spiro atoms. The smallest absolute Gasteiger partial charge is 0.687 e. The first-order valence-electron chi connectivity index (χ1n) is 2.83. The fraction of sp³-hybridized carbons (Fsp3) is 1.00. The minimum absolute atomic E-state index is 0. The Hall–Kier alpha value is 2.31. The van der Waals surface area contributed by atoms with Crippen molar-refractivity contribution in [3.8, 4) is 0 Å². The van der Waals surface area contributed by atoms with E-state index in [4.69, 9.17) is 0 Å². The van der Waals surface area contributed by atoms with Gasteiger partial charge in [0, 0.05) is 0 Å². The van der Waals surface area contributed by atoms with Crippen molar-refractivity contribution in [1.82, 2.24) is 0 Å². The molecule has 0 aliphatic heterocycles. The van der Waals surface area contributed by atoms with Crippen LogP contribution in [-0.2, 0) is 0 Å². The molecule has 56 valence electrons. The van der Waals surface area contributed by atoms with Gasteiger partial charge in [-0.2, -0.15) is 7.94 Å². The summed E-state index contributed by atoms with van der Waals surface area (Å²) in [5.74, 6) is 0. The summed E-state index contributed by atoms with van der Waals surface area (Å²) in [6.07, 6.45) is 0.372. The van der Waals surface area contributed by atoms with E-state index in [1.54, 1.807) is 6.92 Å². The van der Waals surface area contributed by atoms with Crippen LogP contribution in [-0.4, -0.2) is 5.16 Å². The maximum atomic E-state index is 10.4. The number of hydrogen-bond acceptors (Lipinski definition) is 3. The molecule has 0 unspecified atom stereocenters. The van der Waals surface area contributed by atoms with Crippen molar-refractivity contribution in [3.05, 3.63) is 0 Å². The molecule has 0 aromatic carbocycles. The first kappa shape index (κ1) is 19.0. The zero-order valence-electron chi connectivity index (χ0n) is 7.88. The van der Waals surface area contributed by atoms with Gasteiger partial charge < -0.3 is 14.7 Å². The van der Waals surface area contributed by atoms with Crippen LogP contribution in [0.1, 0.15) is 27.2 Å². The third-order valence-electron chi connectivity index (χ3n) is 1.61. The first-order chi connectivity index (χ1) is 3.81. The Labute approximate surface area is 113 Å². The molecule has 0 fully saturated rings. The second-order valence-electron chi connectivity index (χ2n) is 2.66. The maximum Gasteiger partial charge on any atom is 1.00 e. The molecular formula is C5H11Na2O3P.